The average molecular weight is 352 g/mol. The summed E-state index contributed by atoms with van der Waals surface area (Å²) >= 11 is -1.18. The van der Waals surface area contributed by atoms with Gasteiger partial charge >= 0.3 is 118 Å². The number of hydrogen-bond donors (Lipinski definition) is 0. The second kappa shape index (κ2) is 5.87. The summed E-state index contributed by atoms with van der Waals surface area (Å²) in [5, 5.41) is 0. The van der Waals surface area contributed by atoms with Gasteiger partial charge in [-0.05, 0) is 0 Å². The van der Waals surface area contributed by atoms with Crippen LogP contribution in [-0.2, 0) is 0 Å². The summed E-state index contributed by atoms with van der Waals surface area (Å²) in [6.07, 6.45) is 0. The molecule has 1 heteroatoms. The van der Waals surface area contributed by atoms with Gasteiger partial charge in [0, 0.05) is 0 Å². The van der Waals surface area contributed by atoms with Crippen LogP contribution in [-0.4, -0.2) is 4.93 Å². The Balaban J connectivity index is 2.23. The minimum atomic E-state index is -1.18. The second-order valence-electron chi connectivity index (χ2n) is 4.97. The molecular weight excluding hydrogens is 331 g/mol. The predicted octanol–water partition coefficient (Wildman–Crippen LogP) is 5.29. The molecule has 0 radical (unpaired) electrons. The van der Waals surface area contributed by atoms with Crippen molar-refractivity contribution in [3.8, 4) is 0 Å². The van der Waals surface area contributed by atoms with Crippen molar-refractivity contribution in [1.29, 1.82) is 0 Å². The molecule has 0 aliphatic rings. The van der Waals surface area contributed by atoms with Gasteiger partial charge in [-0.3, -0.25) is 0 Å². The fourth-order valence-electron chi connectivity index (χ4n) is 1.88. The van der Waals surface area contributed by atoms with Crippen LogP contribution >= 0.6 is 19.8 Å². The summed E-state index contributed by atoms with van der Waals surface area (Å²) in [4.78, 5) is 2.43. The van der Waals surface area contributed by atoms with Crippen molar-refractivity contribution in [2.24, 2.45) is 0 Å². The van der Waals surface area contributed by atoms with Gasteiger partial charge in [0.15, 0.2) is 0 Å². The molecule has 96 valence electrons. The van der Waals surface area contributed by atoms with Gasteiger partial charge in [-0.15, -0.1) is 0 Å². The van der Waals surface area contributed by atoms with Crippen LogP contribution < -0.4 is 0 Å². The van der Waals surface area contributed by atoms with E-state index in [9.17, 15) is 0 Å². The summed E-state index contributed by atoms with van der Waals surface area (Å²) in [5.41, 5.74) is 2.78. The average Bonchev–Trinajstić information content (AvgIpc) is 2.39. The van der Waals surface area contributed by atoms with E-state index in [1.807, 2.05) is 0 Å². The summed E-state index contributed by atoms with van der Waals surface area (Å²) in [6.45, 7) is 6.64. The third-order valence-electron chi connectivity index (χ3n) is 3.20. The summed E-state index contributed by atoms with van der Waals surface area (Å²) in [5.74, 6) is 0.623. The van der Waals surface area contributed by atoms with E-state index in [1.165, 1.54) is 11.1 Å². The van der Waals surface area contributed by atoms with Gasteiger partial charge in [0.2, 0.25) is 0 Å². The molecule has 0 spiro atoms. The van der Waals surface area contributed by atoms with E-state index in [2.05, 4.69) is 74.2 Å². The molecule has 0 aliphatic heterocycles. The van der Waals surface area contributed by atoms with Crippen LogP contribution in [0, 0.1) is 14.1 Å². The van der Waals surface area contributed by atoms with Gasteiger partial charge in [-0.1, -0.05) is 0 Å². The Labute approximate surface area is 118 Å². The van der Waals surface area contributed by atoms with E-state index in [-0.39, 0.29) is 0 Å². The van der Waals surface area contributed by atoms with E-state index in [4.69, 9.17) is 0 Å². The van der Waals surface area contributed by atoms with Crippen molar-refractivity contribution in [2.45, 2.75) is 26.7 Å². The normalized spacial score (nSPS) is 11.7. The summed E-state index contributed by atoms with van der Waals surface area (Å²) in [7, 11) is 0. The van der Waals surface area contributed by atoms with Crippen molar-refractivity contribution in [3.05, 3.63) is 66.8 Å². The molecule has 0 unspecified atom stereocenters. The molecule has 0 saturated carbocycles. The standard InChI is InChI=1S/C17H21I/c1-13(2)15-7-11-17(12-8-15)18(4)16-9-5-14(3)6-10-16/h5-13H,1-4H3. The quantitative estimate of drug-likeness (QED) is 0.520. The van der Waals surface area contributed by atoms with Crippen LogP contribution in [0.3, 0.4) is 0 Å². The van der Waals surface area contributed by atoms with Gasteiger partial charge < -0.3 is 0 Å². The molecule has 0 nitrogen and oxygen atoms in total. The molecule has 18 heavy (non-hydrogen) atoms. The Kier molecular flexibility index (Phi) is 4.44. The monoisotopic (exact) mass is 352 g/mol. The number of halogens is 1. The first-order chi connectivity index (χ1) is 8.58. The molecule has 0 amide bonds. The van der Waals surface area contributed by atoms with Crippen LogP contribution in [0.25, 0.3) is 0 Å². The number of aryl methyl sites for hydroxylation is 1. The molecule has 2 aromatic carbocycles. The van der Waals surface area contributed by atoms with Gasteiger partial charge in [-0.2, -0.15) is 0 Å². The maximum atomic E-state index is 2.43. The van der Waals surface area contributed by atoms with Gasteiger partial charge in [-0.25, -0.2) is 0 Å². The molecule has 0 aromatic heterocycles. The first-order valence-electron chi connectivity index (χ1n) is 6.34. The number of benzene rings is 2. The fourth-order valence-corrected chi connectivity index (χ4v) is 5.48. The molecule has 0 N–H and O–H groups in total. The first kappa shape index (κ1) is 13.6. The second-order valence-corrected chi connectivity index (χ2v) is 10.2. The Morgan fingerprint density at radius 1 is 0.778 bits per heavy atom. The van der Waals surface area contributed by atoms with Crippen LogP contribution in [0.2, 0.25) is 0 Å². The maximum absolute atomic E-state index is 2.43. The van der Waals surface area contributed by atoms with E-state index in [0.717, 1.165) is 0 Å². The Morgan fingerprint density at radius 2 is 1.22 bits per heavy atom. The first-order valence-corrected chi connectivity index (χ1v) is 10.7. The molecule has 0 aliphatic carbocycles. The summed E-state index contributed by atoms with van der Waals surface area (Å²) in [6, 6.07) is 18.3. The topological polar surface area (TPSA) is 0 Å². The van der Waals surface area contributed by atoms with Crippen LogP contribution in [0.4, 0.5) is 0 Å². The number of hydrogen-bond acceptors (Lipinski definition) is 0. The van der Waals surface area contributed by atoms with Crippen molar-refractivity contribution in [1.82, 2.24) is 0 Å². The Hall–Kier alpha value is -0.830. The molecule has 0 fully saturated rings. The van der Waals surface area contributed by atoms with Crippen LogP contribution in [0.1, 0.15) is 30.9 Å². The minimum absolute atomic E-state index is 0.623. The Morgan fingerprint density at radius 3 is 1.67 bits per heavy atom. The van der Waals surface area contributed by atoms with Gasteiger partial charge in [0.25, 0.3) is 0 Å². The molecule has 2 rings (SSSR count). The van der Waals surface area contributed by atoms with Crippen molar-refractivity contribution in [3.63, 3.8) is 0 Å². The third-order valence-corrected chi connectivity index (χ3v) is 8.38. The summed E-state index contributed by atoms with van der Waals surface area (Å²) < 4.78 is 3.09. The third kappa shape index (κ3) is 3.14. The zero-order valence-electron chi connectivity index (χ0n) is 11.6. The Bertz CT molecular complexity index is 494. The molecule has 0 saturated heterocycles. The molecule has 0 heterocycles. The molecule has 0 atom stereocenters. The van der Waals surface area contributed by atoms with Gasteiger partial charge in [0.1, 0.15) is 0 Å². The van der Waals surface area contributed by atoms with E-state index in [0.29, 0.717) is 5.92 Å². The zero-order chi connectivity index (χ0) is 13.1. The zero-order valence-corrected chi connectivity index (χ0v) is 13.7. The van der Waals surface area contributed by atoms with Crippen molar-refractivity contribution >= 4 is 19.8 Å². The molecule has 0 bridgehead atoms. The van der Waals surface area contributed by atoms with Crippen LogP contribution in [0.5, 0.6) is 0 Å². The van der Waals surface area contributed by atoms with E-state index >= 15 is 0 Å². The predicted molar refractivity (Wildman–Crippen MR) is 89.0 cm³/mol. The SMILES string of the molecule is Cc1ccc(I(C)c2ccc(C(C)C)cc2)cc1. The fraction of sp³-hybridized carbons (Fsp3) is 0.294. The van der Waals surface area contributed by atoms with Gasteiger partial charge in [0.05, 0.1) is 0 Å². The van der Waals surface area contributed by atoms with E-state index < -0.39 is 19.8 Å². The number of rotatable bonds is 3. The van der Waals surface area contributed by atoms with E-state index in [1.54, 1.807) is 7.14 Å². The number of alkyl halides is 1. The van der Waals surface area contributed by atoms with Crippen molar-refractivity contribution < 1.29 is 0 Å². The van der Waals surface area contributed by atoms with Crippen molar-refractivity contribution in [2.75, 3.05) is 4.93 Å². The molecule has 2 aromatic rings. The molecular formula is C17H21I. The van der Waals surface area contributed by atoms with Crippen LogP contribution in [0.15, 0.2) is 48.5 Å².